The predicted molar refractivity (Wildman–Crippen MR) is 83.3 cm³/mol. The van der Waals surface area contributed by atoms with E-state index in [-0.39, 0.29) is 0 Å². The molecule has 0 saturated carbocycles. The van der Waals surface area contributed by atoms with Crippen LogP contribution in [0.2, 0.25) is 0 Å². The predicted octanol–water partition coefficient (Wildman–Crippen LogP) is 4.03. The van der Waals surface area contributed by atoms with Gasteiger partial charge in [-0.2, -0.15) is 0 Å². The van der Waals surface area contributed by atoms with Crippen molar-refractivity contribution >= 4 is 0 Å². The lowest BCUT2D eigenvalue weighted by Gasteiger charge is -2.26. The van der Waals surface area contributed by atoms with Crippen LogP contribution in [0.3, 0.4) is 0 Å². The Morgan fingerprint density at radius 3 is 2.90 bits per heavy atom. The molecule has 2 atom stereocenters. The lowest BCUT2D eigenvalue weighted by Crippen LogP contribution is -2.35. The van der Waals surface area contributed by atoms with Crippen LogP contribution in [0, 0.1) is 0 Å². The molecule has 2 nitrogen and oxygen atoms in total. The van der Waals surface area contributed by atoms with Crippen LogP contribution < -0.4 is 10.1 Å². The van der Waals surface area contributed by atoms with E-state index in [0.717, 1.165) is 12.4 Å². The van der Waals surface area contributed by atoms with Gasteiger partial charge in [-0.05, 0) is 38.8 Å². The van der Waals surface area contributed by atoms with Crippen molar-refractivity contribution in [1.29, 1.82) is 0 Å². The van der Waals surface area contributed by atoms with Crippen LogP contribution in [0.25, 0.3) is 0 Å². The molecule has 0 fully saturated rings. The minimum atomic E-state index is 0.428. The molecule has 1 aromatic carbocycles. The zero-order chi connectivity index (χ0) is 13.8. The molecule has 2 aliphatic rings. The quantitative estimate of drug-likeness (QED) is 0.838. The van der Waals surface area contributed by atoms with E-state index in [1.807, 2.05) is 0 Å². The summed E-state index contributed by atoms with van der Waals surface area (Å²) in [4.78, 5) is 0. The highest BCUT2D eigenvalue weighted by Crippen LogP contribution is 2.38. The molecule has 0 spiro atoms. The smallest absolute Gasteiger partial charge is 0.122 e. The zero-order valence-corrected chi connectivity index (χ0v) is 12.4. The van der Waals surface area contributed by atoms with Crippen molar-refractivity contribution in [3.8, 4) is 5.75 Å². The third kappa shape index (κ3) is 2.76. The van der Waals surface area contributed by atoms with Crippen LogP contribution in [0.5, 0.6) is 5.75 Å². The van der Waals surface area contributed by atoms with E-state index in [1.165, 1.54) is 44.1 Å². The second-order valence-corrected chi connectivity index (χ2v) is 5.95. The van der Waals surface area contributed by atoms with E-state index in [1.54, 1.807) is 5.57 Å². The number of ether oxygens (including phenoxy) is 1. The molecule has 2 unspecified atom stereocenters. The molecule has 0 radical (unpaired) electrons. The minimum Gasteiger partial charge on any atom is -0.493 e. The van der Waals surface area contributed by atoms with Gasteiger partial charge in [-0.3, -0.25) is 0 Å². The summed E-state index contributed by atoms with van der Waals surface area (Å²) in [6.45, 7) is 0.808. The Bertz CT molecular complexity index is 480. The number of benzene rings is 1. The Morgan fingerprint density at radius 2 is 2.00 bits per heavy atom. The molecule has 1 aliphatic carbocycles. The number of likely N-dealkylation sites (N-methyl/N-ethyl adjacent to an activating group) is 1. The number of hydrogen-bond acceptors (Lipinski definition) is 2. The SMILES string of the molecule is CNC(/C1=C/CCCCCC1)C1COc2ccccc21. The number of nitrogens with one attached hydrogen (secondary N) is 1. The van der Waals surface area contributed by atoms with E-state index < -0.39 is 0 Å². The van der Waals surface area contributed by atoms with Gasteiger partial charge in [0.2, 0.25) is 0 Å². The van der Waals surface area contributed by atoms with Crippen molar-refractivity contribution < 1.29 is 4.74 Å². The lowest BCUT2D eigenvalue weighted by atomic mass is 9.84. The molecule has 0 aromatic heterocycles. The molecule has 0 bridgehead atoms. The van der Waals surface area contributed by atoms with Crippen molar-refractivity contribution in [2.75, 3.05) is 13.7 Å². The average molecular weight is 271 g/mol. The molecular weight excluding hydrogens is 246 g/mol. The Balaban J connectivity index is 1.83. The molecule has 0 amide bonds. The second-order valence-electron chi connectivity index (χ2n) is 5.95. The van der Waals surface area contributed by atoms with Gasteiger partial charge in [0.25, 0.3) is 0 Å². The van der Waals surface area contributed by atoms with E-state index in [4.69, 9.17) is 4.74 Å². The lowest BCUT2D eigenvalue weighted by molar-refractivity contribution is 0.310. The Morgan fingerprint density at radius 1 is 1.15 bits per heavy atom. The number of rotatable bonds is 3. The Labute approximate surface area is 122 Å². The summed E-state index contributed by atoms with van der Waals surface area (Å²) < 4.78 is 5.87. The van der Waals surface area contributed by atoms with Gasteiger partial charge in [0.15, 0.2) is 0 Å². The Hall–Kier alpha value is -1.28. The van der Waals surface area contributed by atoms with Gasteiger partial charge in [-0.1, -0.05) is 42.7 Å². The van der Waals surface area contributed by atoms with Gasteiger partial charge < -0.3 is 10.1 Å². The monoisotopic (exact) mass is 271 g/mol. The maximum absolute atomic E-state index is 5.87. The molecule has 20 heavy (non-hydrogen) atoms. The molecule has 1 aromatic rings. The standard InChI is InChI=1S/C18H25NO/c1-19-18(14-9-5-3-2-4-6-10-14)16-13-20-17-12-8-7-11-15(16)17/h7-9,11-12,16,18-19H,2-6,10,13H2,1H3/b14-9+. The van der Waals surface area contributed by atoms with Crippen molar-refractivity contribution in [2.45, 2.75) is 50.5 Å². The summed E-state index contributed by atoms with van der Waals surface area (Å²) in [5.74, 6) is 1.53. The van der Waals surface area contributed by atoms with Crippen LogP contribution in [0.1, 0.15) is 50.0 Å². The molecule has 1 heterocycles. The summed E-state index contributed by atoms with van der Waals surface area (Å²) >= 11 is 0. The van der Waals surface area contributed by atoms with Crippen molar-refractivity contribution in [3.63, 3.8) is 0 Å². The average Bonchev–Trinajstić information content (AvgIpc) is 2.86. The van der Waals surface area contributed by atoms with Crippen molar-refractivity contribution in [1.82, 2.24) is 5.32 Å². The van der Waals surface area contributed by atoms with Gasteiger partial charge in [0.05, 0.1) is 6.61 Å². The van der Waals surface area contributed by atoms with Crippen LogP contribution in [0.4, 0.5) is 0 Å². The van der Waals surface area contributed by atoms with Crippen LogP contribution >= 0.6 is 0 Å². The fourth-order valence-electron chi connectivity index (χ4n) is 3.61. The van der Waals surface area contributed by atoms with E-state index in [2.05, 4.69) is 42.7 Å². The molecule has 2 heteroatoms. The highest BCUT2D eigenvalue weighted by Gasteiger charge is 2.32. The first kappa shape index (κ1) is 13.7. The summed E-state index contributed by atoms with van der Waals surface area (Å²) in [6, 6.07) is 8.93. The van der Waals surface area contributed by atoms with Crippen molar-refractivity contribution in [2.24, 2.45) is 0 Å². The fourth-order valence-corrected chi connectivity index (χ4v) is 3.61. The first-order valence-corrected chi connectivity index (χ1v) is 7.98. The largest absolute Gasteiger partial charge is 0.493 e. The maximum Gasteiger partial charge on any atom is 0.122 e. The third-order valence-electron chi connectivity index (χ3n) is 4.68. The zero-order valence-electron chi connectivity index (χ0n) is 12.4. The van der Waals surface area contributed by atoms with Gasteiger partial charge in [0, 0.05) is 17.5 Å². The van der Waals surface area contributed by atoms with E-state index in [0.29, 0.717) is 12.0 Å². The first-order valence-electron chi connectivity index (χ1n) is 7.98. The number of hydrogen-bond donors (Lipinski definition) is 1. The van der Waals surface area contributed by atoms with Gasteiger partial charge >= 0.3 is 0 Å². The highest BCUT2D eigenvalue weighted by molar-refractivity contribution is 5.42. The topological polar surface area (TPSA) is 21.3 Å². The number of allylic oxidation sites excluding steroid dienone is 1. The van der Waals surface area contributed by atoms with E-state index in [9.17, 15) is 0 Å². The number of fused-ring (bicyclic) bond motifs is 1. The van der Waals surface area contributed by atoms with Gasteiger partial charge in [-0.25, -0.2) is 0 Å². The normalized spacial score (nSPS) is 26.6. The Kier molecular flexibility index (Phi) is 4.41. The molecule has 1 aliphatic heterocycles. The van der Waals surface area contributed by atoms with Crippen LogP contribution in [0.15, 0.2) is 35.9 Å². The van der Waals surface area contributed by atoms with Crippen molar-refractivity contribution in [3.05, 3.63) is 41.5 Å². The van der Waals surface area contributed by atoms with Crippen LogP contribution in [-0.4, -0.2) is 19.7 Å². The highest BCUT2D eigenvalue weighted by atomic mass is 16.5. The van der Waals surface area contributed by atoms with Gasteiger partial charge in [-0.15, -0.1) is 0 Å². The number of para-hydroxylation sites is 1. The summed E-state index contributed by atoms with van der Waals surface area (Å²) in [7, 11) is 2.09. The summed E-state index contributed by atoms with van der Waals surface area (Å²) in [5, 5.41) is 3.55. The van der Waals surface area contributed by atoms with Crippen LogP contribution in [-0.2, 0) is 0 Å². The maximum atomic E-state index is 5.87. The molecule has 1 N–H and O–H groups in total. The molecule has 3 rings (SSSR count). The molecule has 108 valence electrons. The summed E-state index contributed by atoms with van der Waals surface area (Å²) in [6.07, 6.45) is 10.4. The molecular formula is C18H25NO. The first-order chi connectivity index (χ1) is 9.90. The van der Waals surface area contributed by atoms with Gasteiger partial charge in [0.1, 0.15) is 5.75 Å². The molecule has 0 saturated heterocycles. The minimum absolute atomic E-state index is 0.428. The van der Waals surface area contributed by atoms with E-state index >= 15 is 0 Å². The third-order valence-corrected chi connectivity index (χ3v) is 4.68. The fraction of sp³-hybridized carbons (Fsp3) is 0.556. The summed E-state index contributed by atoms with van der Waals surface area (Å²) in [5.41, 5.74) is 2.97. The second kappa shape index (κ2) is 6.45.